The molecule has 2 aromatic rings. The van der Waals surface area contributed by atoms with Gasteiger partial charge in [0.1, 0.15) is 5.75 Å². The van der Waals surface area contributed by atoms with Crippen molar-refractivity contribution in [1.29, 1.82) is 0 Å². The van der Waals surface area contributed by atoms with Crippen molar-refractivity contribution in [3.05, 3.63) is 65.7 Å². The summed E-state index contributed by atoms with van der Waals surface area (Å²) in [4.78, 5) is 7.36. The summed E-state index contributed by atoms with van der Waals surface area (Å²) in [6.45, 7) is 8.08. The van der Waals surface area contributed by atoms with Crippen molar-refractivity contribution in [2.45, 2.75) is 51.9 Å². The zero-order valence-corrected chi connectivity index (χ0v) is 17.9. The lowest BCUT2D eigenvalue weighted by Crippen LogP contribution is -2.51. The molecule has 2 aromatic carbocycles. The molecule has 2 unspecified atom stereocenters. The first kappa shape index (κ1) is 21.2. The van der Waals surface area contributed by atoms with E-state index in [9.17, 15) is 0 Å². The lowest BCUT2D eigenvalue weighted by molar-refractivity contribution is 0.134. The molecular formula is C24H34N4O. The molecule has 0 amide bonds. The molecule has 3 rings (SSSR count). The summed E-state index contributed by atoms with van der Waals surface area (Å²) in [6, 6.07) is 19.8. The molecule has 5 nitrogen and oxygen atoms in total. The average Bonchev–Trinajstić information content (AvgIpc) is 2.75. The lowest BCUT2D eigenvalue weighted by Gasteiger charge is -2.38. The van der Waals surface area contributed by atoms with E-state index in [1.54, 1.807) is 7.11 Å². The molecular weight excluding hydrogens is 360 g/mol. The predicted octanol–water partition coefficient (Wildman–Crippen LogP) is 3.80. The van der Waals surface area contributed by atoms with Gasteiger partial charge in [-0.3, -0.25) is 4.90 Å². The maximum atomic E-state index is 5.23. The van der Waals surface area contributed by atoms with E-state index in [0.717, 1.165) is 44.2 Å². The van der Waals surface area contributed by atoms with Gasteiger partial charge >= 0.3 is 0 Å². The molecule has 1 saturated heterocycles. The van der Waals surface area contributed by atoms with E-state index in [2.05, 4.69) is 71.8 Å². The van der Waals surface area contributed by atoms with Gasteiger partial charge in [-0.15, -0.1) is 0 Å². The van der Waals surface area contributed by atoms with Crippen LogP contribution in [0.25, 0.3) is 0 Å². The van der Waals surface area contributed by atoms with Crippen LogP contribution in [0.4, 0.5) is 0 Å². The second-order valence-corrected chi connectivity index (χ2v) is 7.71. The molecule has 2 atom stereocenters. The molecule has 1 aliphatic rings. The molecule has 1 fully saturated rings. The van der Waals surface area contributed by atoms with E-state index in [0.29, 0.717) is 18.6 Å². The fourth-order valence-electron chi connectivity index (χ4n) is 3.82. The van der Waals surface area contributed by atoms with Crippen LogP contribution in [0.5, 0.6) is 5.75 Å². The van der Waals surface area contributed by atoms with E-state index in [4.69, 9.17) is 9.73 Å². The van der Waals surface area contributed by atoms with Crippen LogP contribution in [0.2, 0.25) is 0 Å². The summed E-state index contributed by atoms with van der Waals surface area (Å²) in [6.07, 6.45) is 2.25. The number of guanidine groups is 1. The highest BCUT2D eigenvalue weighted by Crippen LogP contribution is 2.20. The topological polar surface area (TPSA) is 48.9 Å². The Morgan fingerprint density at radius 2 is 1.86 bits per heavy atom. The molecule has 0 aliphatic carbocycles. The predicted molar refractivity (Wildman–Crippen MR) is 120 cm³/mol. The number of methoxy groups -OCH3 is 1. The van der Waals surface area contributed by atoms with E-state index in [-0.39, 0.29) is 0 Å². The third kappa shape index (κ3) is 6.50. The van der Waals surface area contributed by atoms with Crippen LogP contribution in [0, 0.1) is 0 Å². The van der Waals surface area contributed by atoms with Gasteiger partial charge in [0.2, 0.25) is 0 Å². The van der Waals surface area contributed by atoms with E-state index in [1.165, 1.54) is 11.1 Å². The van der Waals surface area contributed by atoms with Gasteiger partial charge in [-0.25, -0.2) is 4.99 Å². The Bertz CT molecular complexity index is 760. The van der Waals surface area contributed by atoms with E-state index in [1.807, 2.05) is 12.1 Å². The number of ether oxygens (including phenoxy) is 1. The van der Waals surface area contributed by atoms with Gasteiger partial charge in [0.25, 0.3) is 0 Å². The second kappa shape index (κ2) is 10.9. The monoisotopic (exact) mass is 394 g/mol. The van der Waals surface area contributed by atoms with Gasteiger partial charge in [-0.1, -0.05) is 42.5 Å². The van der Waals surface area contributed by atoms with Crippen molar-refractivity contribution in [3.8, 4) is 5.75 Å². The van der Waals surface area contributed by atoms with Crippen LogP contribution in [-0.4, -0.2) is 43.1 Å². The number of piperidine rings is 1. The van der Waals surface area contributed by atoms with Gasteiger partial charge in [0.15, 0.2) is 5.96 Å². The second-order valence-electron chi connectivity index (χ2n) is 7.71. The van der Waals surface area contributed by atoms with Crippen molar-refractivity contribution >= 4 is 5.96 Å². The molecule has 1 heterocycles. The van der Waals surface area contributed by atoms with Crippen molar-refractivity contribution in [1.82, 2.24) is 15.5 Å². The van der Waals surface area contributed by atoms with Crippen LogP contribution in [0.1, 0.15) is 37.8 Å². The van der Waals surface area contributed by atoms with Crippen molar-refractivity contribution in [3.63, 3.8) is 0 Å². The zero-order valence-electron chi connectivity index (χ0n) is 17.9. The first-order valence-corrected chi connectivity index (χ1v) is 10.6. The van der Waals surface area contributed by atoms with Crippen molar-refractivity contribution < 1.29 is 4.74 Å². The quantitative estimate of drug-likeness (QED) is 0.554. The molecule has 0 bridgehead atoms. The normalized spacial score (nSPS) is 20.3. The van der Waals surface area contributed by atoms with E-state index < -0.39 is 0 Å². The van der Waals surface area contributed by atoms with Crippen LogP contribution >= 0.6 is 0 Å². The Morgan fingerprint density at radius 1 is 1.10 bits per heavy atom. The minimum Gasteiger partial charge on any atom is -0.497 e. The third-order valence-corrected chi connectivity index (χ3v) is 5.51. The smallest absolute Gasteiger partial charge is 0.191 e. The van der Waals surface area contributed by atoms with Gasteiger partial charge in [0, 0.05) is 31.7 Å². The molecule has 0 spiro atoms. The summed E-state index contributed by atoms with van der Waals surface area (Å²) < 4.78 is 5.23. The third-order valence-electron chi connectivity index (χ3n) is 5.51. The SMILES string of the molecule is CCNC(=NCc1ccc(OC)cc1)NC1CCN(Cc2ccccc2)C(C)C1. The number of benzene rings is 2. The Morgan fingerprint density at radius 3 is 2.52 bits per heavy atom. The maximum absolute atomic E-state index is 5.23. The largest absolute Gasteiger partial charge is 0.497 e. The standard InChI is InChI=1S/C24H34N4O/c1-4-25-24(26-17-20-10-12-23(29-3)13-11-20)27-22-14-15-28(19(2)16-22)18-21-8-6-5-7-9-21/h5-13,19,22H,4,14-18H2,1-3H3,(H2,25,26,27). The highest BCUT2D eigenvalue weighted by atomic mass is 16.5. The van der Waals surface area contributed by atoms with Crippen LogP contribution in [0.3, 0.4) is 0 Å². The van der Waals surface area contributed by atoms with Crippen molar-refractivity contribution in [2.75, 3.05) is 20.2 Å². The number of aliphatic imine (C=N–C) groups is 1. The molecule has 1 aliphatic heterocycles. The highest BCUT2D eigenvalue weighted by Gasteiger charge is 2.25. The first-order chi connectivity index (χ1) is 14.2. The molecule has 29 heavy (non-hydrogen) atoms. The van der Waals surface area contributed by atoms with E-state index >= 15 is 0 Å². The van der Waals surface area contributed by atoms with Gasteiger partial charge in [-0.05, 0) is 49.9 Å². The van der Waals surface area contributed by atoms with Crippen LogP contribution < -0.4 is 15.4 Å². The molecule has 0 radical (unpaired) electrons. The first-order valence-electron chi connectivity index (χ1n) is 10.6. The molecule has 0 saturated carbocycles. The summed E-state index contributed by atoms with van der Waals surface area (Å²) >= 11 is 0. The fraction of sp³-hybridized carbons (Fsp3) is 0.458. The highest BCUT2D eigenvalue weighted by molar-refractivity contribution is 5.80. The number of nitrogens with one attached hydrogen (secondary N) is 2. The van der Waals surface area contributed by atoms with Crippen LogP contribution in [-0.2, 0) is 13.1 Å². The number of rotatable bonds is 7. The summed E-state index contributed by atoms with van der Waals surface area (Å²) in [5.41, 5.74) is 2.56. The molecule has 0 aromatic heterocycles. The van der Waals surface area contributed by atoms with Crippen molar-refractivity contribution in [2.24, 2.45) is 4.99 Å². The minimum absolute atomic E-state index is 0.450. The molecule has 156 valence electrons. The summed E-state index contributed by atoms with van der Waals surface area (Å²) in [5, 5.41) is 7.04. The Kier molecular flexibility index (Phi) is 7.94. The fourth-order valence-corrected chi connectivity index (χ4v) is 3.82. The van der Waals surface area contributed by atoms with Crippen LogP contribution in [0.15, 0.2) is 59.6 Å². The number of hydrogen-bond donors (Lipinski definition) is 2. The molecule has 5 heteroatoms. The lowest BCUT2D eigenvalue weighted by atomic mass is 9.97. The number of hydrogen-bond acceptors (Lipinski definition) is 3. The minimum atomic E-state index is 0.450. The maximum Gasteiger partial charge on any atom is 0.191 e. The molecule has 2 N–H and O–H groups in total. The van der Waals surface area contributed by atoms with Gasteiger partial charge in [-0.2, -0.15) is 0 Å². The Hall–Kier alpha value is -2.53. The zero-order chi connectivity index (χ0) is 20.5. The number of likely N-dealkylation sites (tertiary alicyclic amines) is 1. The summed E-state index contributed by atoms with van der Waals surface area (Å²) in [7, 11) is 1.69. The average molecular weight is 395 g/mol. The summed E-state index contributed by atoms with van der Waals surface area (Å²) in [5.74, 6) is 1.77. The Balaban J connectivity index is 1.53. The number of nitrogens with zero attached hydrogens (tertiary/aromatic N) is 2. The Labute approximate surface area is 175 Å². The van der Waals surface area contributed by atoms with Gasteiger partial charge < -0.3 is 15.4 Å². The van der Waals surface area contributed by atoms with Gasteiger partial charge in [0.05, 0.1) is 13.7 Å².